The predicted molar refractivity (Wildman–Crippen MR) is 159 cm³/mol. The van der Waals surface area contributed by atoms with Gasteiger partial charge in [0.1, 0.15) is 0 Å². The number of anilines is 2. The minimum absolute atomic E-state index is 0.0564. The Hall–Kier alpha value is -3.87. The average Bonchev–Trinajstić information content (AvgIpc) is 3.27. The third kappa shape index (κ3) is 7.12. The summed E-state index contributed by atoms with van der Waals surface area (Å²) in [6.45, 7) is 5.71. The Labute approximate surface area is 244 Å². The first-order valence-corrected chi connectivity index (χ1v) is 13.8. The highest BCUT2D eigenvalue weighted by Gasteiger charge is 2.34. The third-order valence-corrected chi connectivity index (χ3v) is 7.98. The maximum Gasteiger partial charge on any atom is 0.416 e. The average molecular weight is 585 g/mol. The number of aryl methyl sites for hydroxylation is 2. The molecular weight excluding hydrogens is 545 g/mol. The molecule has 42 heavy (non-hydrogen) atoms. The highest BCUT2D eigenvalue weighted by Crippen LogP contribution is 2.35. The molecule has 9 nitrogen and oxygen atoms in total. The summed E-state index contributed by atoms with van der Waals surface area (Å²) in [7, 11) is 5.72. The number of hydrogen-bond donors (Lipinski definition) is 3. The zero-order valence-corrected chi connectivity index (χ0v) is 24.7. The van der Waals surface area contributed by atoms with Crippen molar-refractivity contribution in [1.29, 1.82) is 0 Å². The highest BCUT2D eigenvalue weighted by atomic mass is 19.4. The number of likely N-dealkylation sites (tertiary alicyclic amines) is 1. The molecule has 2 aromatic carbocycles. The van der Waals surface area contributed by atoms with E-state index < -0.39 is 17.6 Å². The van der Waals surface area contributed by atoms with Crippen LogP contribution in [0.25, 0.3) is 5.70 Å². The van der Waals surface area contributed by atoms with Gasteiger partial charge in [0.25, 0.3) is 5.91 Å². The zero-order chi connectivity index (χ0) is 30.8. The van der Waals surface area contributed by atoms with E-state index in [1.807, 2.05) is 32.8 Å². The molecule has 0 atom stereocenters. The number of halogens is 3. The first-order chi connectivity index (χ1) is 19.7. The zero-order valence-electron chi connectivity index (χ0n) is 24.7. The number of aromatic nitrogens is 2. The lowest BCUT2D eigenvalue weighted by Crippen LogP contribution is -2.41. The van der Waals surface area contributed by atoms with E-state index in [-0.39, 0.29) is 29.4 Å². The van der Waals surface area contributed by atoms with Gasteiger partial charge in [-0.15, -0.1) is 0 Å². The molecule has 1 saturated heterocycles. The number of hydrogen-bond acceptors (Lipinski definition) is 7. The Morgan fingerprint density at radius 3 is 2.45 bits per heavy atom. The van der Waals surface area contributed by atoms with Crippen LogP contribution in [0.1, 0.15) is 51.1 Å². The summed E-state index contributed by atoms with van der Waals surface area (Å²) < 4.78 is 44.0. The molecule has 0 saturated carbocycles. The lowest BCUT2D eigenvalue weighted by Gasteiger charge is -2.35. The van der Waals surface area contributed by atoms with Crippen molar-refractivity contribution in [3.63, 3.8) is 0 Å². The number of amides is 1. The summed E-state index contributed by atoms with van der Waals surface area (Å²) in [5.41, 5.74) is 9.21. The van der Waals surface area contributed by atoms with Crippen molar-refractivity contribution in [2.45, 2.75) is 45.5 Å². The normalized spacial score (nSPS) is 15.3. The monoisotopic (exact) mass is 584 g/mol. The molecule has 0 unspecified atom stereocenters. The van der Waals surface area contributed by atoms with E-state index in [2.05, 4.69) is 15.3 Å². The number of nitrogens with two attached hydrogens (primary N) is 2. The van der Waals surface area contributed by atoms with Gasteiger partial charge in [0.05, 0.1) is 23.1 Å². The Bertz CT molecular complexity index is 1460. The first-order valence-electron chi connectivity index (χ1n) is 13.8. The first kappa shape index (κ1) is 31.1. The molecule has 1 aliphatic heterocycles. The van der Waals surface area contributed by atoms with Gasteiger partial charge in [-0.25, -0.2) is 5.84 Å². The number of nitrogens with zero attached hydrogens (tertiary/aromatic N) is 5. The van der Waals surface area contributed by atoms with Crippen LogP contribution in [-0.2, 0) is 19.8 Å². The van der Waals surface area contributed by atoms with Crippen LogP contribution in [0.15, 0.2) is 48.8 Å². The minimum Gasteiger partial charge on any atom is -0.397 e. The number of alkyl halides is 3. The highest BCUT2D eigenvalue weighted by molar-refractivity contribution is 6.05. The SMILES string of the molecule is Cc1ccc(C(=O)Nc2ccc(CN(C)C3CCN(C)CC3)c(C(F)(F)F)c2)cc1N(N)/C=C(\N)c1cnn(C)c1C. The Morgan fingerprint density at radius 2 is 1.83 bits per heavy atom. The van der Waals surface area contributed by atoms with Gasteiger partial charge >= 0.3 is 6.18 Å². The summed E-state index contributed by atoms with van der Waals surface area (Å²) in [4.78, 5) is 17.3. The van der Waals surface area contributed by atoms with Crippen LogP contribution in [0, 0.1) is 13.8 Å². The molecule has 0 aliphatic carbocycles. The smallest absolute Gasteiger partial charge is 0.397 e. The van der Waals surface area contributed by atoms with Crippen LogP contribution in [0.2, 0.25) is 0 Å². The van der Waals surface area contributed by atoms with Crippen LogP contribution in [0.3, 0.4) is 0 Å². The van der Waals surface area contributed by atoms with Crippen LogP contribution >= 0.6 is 0 Å². The molecule has 3 aromatic rings. The van der Waals surface area contributed by atoms with Gasteiger partial charge in [0.2, 0.25) is 0 Å². The fourth-order valence-corrected chi connectivity index (χ4v) is 5.19. The standard InChI is InChI=1S/C30H39F3N8O/c1-19-6-7-21(14-28(19)41(35)18-27(34)25-16-36-40(5)20(25)2)29(42)37-23-9-8-22(26(15-23)30(31,32)33)17-39(4)24-10-12-38(3)13-11-24/h6-9,14-16,18,24H,10-13,17,34-35H2,1-5H3,(H,37,42)/b27-18-. The lowest BCUT2D eigenvalue weighted by atomic mass is 10.0. The minimum atomic E-state index is -4.57. The number of hydrazine groups is 1. The Kier molecular flexibility index (Phi) is 9.29. The van der Waals surface area contributed by atoms with Crippen LogP contribution in [0.5, 0.6) is 0 Å². The summed E-state index contributed by atoms with van der Waals surface area (Å²) in [6, 6.07) is 9.05. The maximum absolute atomic E-state index is 14.1. The number of carbonyl (C=O) groups is 1. The van der Waals surface area contributed by atoms with Gasteiger partial charge in [0.15, 0.2) is 0 Å². The van der Waals surface area contributed by atoms with Crippen LogP contribution in [0.4, 0.5) is 24.5 Å². The second-order valence-electron chi connectivity index (χ2n) is 11.0. The summed E-state index contributed by atoms with van der Waals surface area (Å²) in [5.74, 6) is 5.72. The van der Waals surface area contributed by atoms with Crippen molar-refractivity contribution in [3.05, 3.63) is 82.3 Å². The second-order valence-corrected chi connectivity index (χ2v) is 11.0. The van der Waals surface area contributed by atoms with Gasteiger partial charge < -0.3 is 16.0 Å². The molecule has 0 bridgehead atoms. The number of piperidine rings is 1. The van der Waals surface area contributed by atoms with Crippen molar-refractivity contribution in [1.82, 2.24) is 19.6 Å². The van der Waals surface area contributed by atoms with Gasteiger partial charge in [-0.3, -0.25) is 19.4 Å². The molecule has 0 radical (unpaired) electrons. The number of rotatable bonds is 8. The number of benzene rings is 2. The molecule has 1 aromatic heterocycles. The summed E-state index contributed by atoms with van der Waals surface area (Å²) in [5, 5.41) is 8.11. The summed E-state index contributed by atoms with van der Waals surface area (Å²) in [6.07, 6.45) is 0.420. The van der Waals surface area contributed by atoms with E-state index in [0.29, 0.717) is 11.4 Å². The fourth-order valence-electron chi connectivity index (χ4n) is 5.19. The molecule has 2 heterocycles. The molecule has 1 amide bonds. The summed E-state index contributed by atoms with van der Waals surface area (Å²) >= 11 is 0. The van der Waals surface area contributed by atoms with E-state index in [4.69, 9.17) is 11.6 Å². The largest absolute Gasteiger partial charge is 0.416 e. The van der Waals surface area contributed by atoms with E-state index in [0.717, 1.165) is 48.8 Å². The third-order valence-electron chi connectivity index (χ3n) is 7.98. The number of carbonyl (C=O) groups excluding carboxylic acids is 1. The van der Waals surface area contributed by atoms with E-state index >= 15 is 0 Å². The van der Waals surface area contributed by atoms with Gasteiger partial charge in [0, 0.05) is 48.3 Å². The molecule has 5 N–H and O–H groups in total. The van der Waals surface area contributed by atoms with Crippen molar-refractivity contribution >= 4 is 23.0 Å². The quantitative estimate of drug-likeness (QED) is 0.265. The second kappa shape index (κ2) is 12.6. The van der Waals surface area contributed by atoms with E-state index in [1.165, 1.54) is 23.3 Å². The molecular formula is C30H39F3N8O. The van der Waals surface area contributed by atoms with Crippen molar-refractivity contribution in [2.75, 3.05) is 37.5 Å². The molecule has 1 aliphatic rings. The van der Waals surface area contributed by atoms with E-state index in [1.54, 1.807) is 36.1 Å². The molecule has 4 rings (SSSR count). The van der Waals surface area contributed by atoms with Crippen molar-refractivity contribution in [3.8, 4) is 0 Å². The molecule has 1 fully saturated rings. The molecule has 0 spiro atoms. The van der Waals surface area contributed by atoms with Gasteiger partial charge in [-0.1, -0.05) is 12.1 Å². The molecule has 12 heteroatoms. The van der Waals surface area contributed by atoms with Gasteiger partial charge in [-0.2, -0.15) is 18.3 Å². The van der Waals surface area contributed by atoms with Crippen molar-refractivity contribution < 1.29 is 18.0 Å². The lowest BCUT2D eigenvalue weighted by molar-refractivity contribution is -0.138. The maximum atomic E-state index is 14.1. The molecule has 226 valence electrons. The van der Waals surface area contributed by atoms with Crippen LogP contribution < -0.4 is 21.9 Å². The number of nitrogens with one attached hydrogen (secondary N) is 1. The van der Waals surface area contributed by atoms with Gasteiger partial charge in [-0.05, 0) is 89.3 Å². The van der Waals surface area contributed by atoms with E-state index in [9.17, 15) is 18.0 Å². The van der Waals surface area contributed by atoms with Crippen molar-refractivity contribution in [2.24, 2.45) is 18.6 Å². The van der Waals surface area contributed by atoms with Crippen LogP contribution in [-0.4, -0.2) is 58.7 Å². The predicted octanol–water partition coefficient (Wildman–Crippen LogP) is 4.47. The Balaban J connectivity index is 1.52. The Morgan fingerprint density at radius 1 is 1.14 bits per heavy atom. The fraction of sp³-hybridized carbons (Fsp3) is 0.400. The topological polar surface area (TPSA) is 109 Å².